The molecule has 0 radical (unpaired) electrons. The summed E-state index contributed by atoms with van der Waals surface area (Å²) in [6, 6.07) is 2.85. The molecule has 94 valence electrons. The molecule has 0 fully saturated rings. The van der Waals surface area contributed by atoms with Crippen LogP contribution in [0.1, 0.15) is 29.9 Å². The van der Waals surface area contributed by atoms with Gasteiger partial charge in [-0.05, 0) is 25.0 Å². The van der Waals surface area contributed by atoms with Crippen LogP contribution in [0.5, 0.6) is 0 Å². The van der Waals surface area contributed by atoms with Gasteiger partial charge in [-0.25, -0.2) is 9.78 Å². The number of nitrogens with one attached hydrogen (secondary N) is 1. The Kier molecular flexibility index (Phi) is 4.45. The molecule has 0 saturated heterocycles. The summed E-state index contributed by atoms with van der Waals surface area (Å²) >= 11 is 0. The van der Waals surface area contributed by atoms with Crippen molar-refractivity contribution in [1.82, 2.24) is 4.98 Å². The molecule has 5 heteroatoms. The third kappa shape index (κ3) is 3.71. The van der Waals surface area contributed by atoms with Gasteiger partial charge in [0.05, 0.1) is 18.2 Å². The Bertz CT molecular complexity index is 405. The number of anilines is 1. The Morgan fingerprint density at radius 1 is 1.47 bits per heavy atom. The SMILES string of the molecule is Cc1cc(C(=O)O)cc(N[C@H](CO)C(C)C)n1. The Labute approximate surface area is 101 Å². The van der Waals surface area contributed by atoms with E-state index in [9.17, 15) is 9.90 Å². The van der Waals surface area contributed by atoms with Crippen molar-refractivity contribution in [3.05, 3.63) is 23.4 Å². The van der Waals surface area contributed by atoms with Gasteiger partial charge in [-0.15, -0.1) is 0 Å². The van der Waals surface area contributed by atoms with E-state index in [2.05, 4.69) is 10.3 Å². The molecule has 0 aliphatic heterocycles. The van der Waals surface area contributed by atoms with Crippen molar-refractivity contribution >= 4 is 11.8 Å². The molecule has 5 nitrogen and oxygen atoms in total. The van der Waals surface area contributed by atoms with E-state index in [0.717, 1.165) is 0 Å². The predicted molar refractivity (Wildman–Crippen MR) is 65.3 cm³/mol. The fourth-order valence-electron chi connectivity index (χ4n) is 1.48. The summed E-state index contributed by atoms with van der Waals surface area (Å²) in [4.78, 5) is 15.1. The zero-order valence-corrected chi connectivity index (χ0v) is 10.3. The summed E-state index contributed by atoms with van der Waals surface area (Å²) < 4.78 is 0. The van der Waals surface area contributed by atoms with Crippen LogP contribution in [0.15, 0.2) is 12.1 Å². The van der Waals surface area contributed by atoms with Crippen molar-refractivity contribution in [1.29, 1.82) is 0 Å². The highest BCUT2D eigenvalue weighted by Crippen LogP contribution is 2.14. The van der Waals surface area contributed by atoms with Crippen LogP contribution >= 0.6 is 0 Å². The van der Waals surface area contributed by atoms with Crippen molar-refractivity contribution in [3.63, 3.8) is 0 Å². The maximum atomic E-state index is 10.9. The first-order valence-corrected chi connectivity index (χ1v) is 5.53. The molecule has 0 aliphatic rings. The van der Waals surface area contributed by atoms with E-state index in [1.807, 2.05) is 13.8 Å². The lowest BCUT2D eigenvalue weighted by atomic mass is 10.1. The maximum Gasteiger partial charge on any atom is 0.335 e. The summed E-state index contributed by atoms with van der Waals surface area (Å²) in [5.74, 6) is -0.269. The van der Waals surface area contributed by atoms with Crippen molar-refractivity contribution < 1.29 is 15.0 Å². The molecule has 0 bridgehead atoms. The molecule has 1 rings (SSSR count). The largest absolute Gasteiger partial charge is 0.478 e. The first-order chi connectivity index (χ1) is 7.93. The number of nitrogens with zero attached hydrogens (tertiary/aromatic N) is 1. The first kappa shape index (κ1) is 13.4. The number of carboxylic acids is 1. The van der Waals surface area contributed by atoms with Crippen LogP contribution in [-0.2, 0) is 0 Å². The molecule has 0 amide bonds. The summed E-state index contributed by atoms with van der Waals surface area (Å²) in [6.07, 6.45) is 0. The molecule has 3 N–H and O–H groups in total. The predicted octanol–water partition coefficient (Wildman–Crippen LogP) is 1.52. The molecule has 0 spiro atoms. The van der Waals surface area contributed by atoms with Crippen molar-refractivity contribution in [3.8, 4) is 0 Å². The number of aromatic carboxylic acids is 1. The van der Waals surface area contributed by atoms with E-state index in [4.69, 9.17) is 5.11 Å². The average Bonchev–Trinajstić information content (AvgIpc) is 2.24. The molecular weight excluding hydrogens is 220 g/mol. The number of hydrogen-bond donors (Lipinski definition) is 3. The highest BCUT2D eigenvalue weighted by Gasteiger charge is 2.14. The zero-order chi connectivity index (χ0) is 13.0. The molecule has 0 unspecified atom stereocenters. The topological polar surface area (TPSA) is 82.5 Å². The van der Waals surface area contributed by atoms with Gasteiger partial charge < -0.3 is 15.5 Å². The Morgan fingerprint density at radius 2 is 2.12 bits per heavy atom. The Balaban J connectivity index is 2.94. The van der Waals surface area contributed by atoms with E-state index in [1.165, 1.54) is 12.1 Å². The molecular formula is C12H18N2O3. The maximum absolute atomic E-state index is 10.9. The minimum Gasteiger partial charge on any atom is -0.478 e. The van der Waals surface area contributed by atoms with Crippen LogP contribution in [0, 0.1) is 12.8 Å². The number of aromatic nitrogens is 1. The zero-order valence-electron chi connectivity index (χ0n) is 10.3. The van der Waals surface area contributed by atoms with Crippen molar-refractivity contribution in [2.24, 2.45) is 5.92 Å². The van der Waals surface area contributed by atoms with E-state index >= 15 is 0 Å². The fraction of sp³-hybridized carbons (Fsp3) is 0.500. The minimum absolute atomic E-state index is 0.0182. The molecule has 1 atom stereocenters. The minimum atomic E-state index is -0.983. The second-order valence-electron chi connectivity index (χ2n) is 4.37. The third-order valence-electron chi connectivity index (χ3n) is 2.54. The van der Waals surface area contributed by atoms with Gasteiger partial charge in [0, 0.05) is 5.69 Å². The Hall–Kier alpha value is -1.62. The van der Waals surface area contributed by atoms with Gasteiger partial charge in [-0.2, -0.15) is 0 Å². The normalized spacial score (nSPS) is 12.5. The number of pyridine rings is 1. The highest BCUT2D eigenvalue weighted by molar-refractivity contribution is 5.88. The van der Waals surface area contributed by atoms with Crippen LogP contribution in [0.4, 0.5) is 5.82 Å². The van der Waals surface area contributed by atoms with Gasteiger partial charge in [-0.3, -0.25) is 0 Å². The summed E-state index contributed by atoms with van der Waals surface area (Å²) in [5.41, 5.74) is 0.827. The number of aryl methyl sites for hydroxylation is 1. The number of aliphatic hydroxyl groups is 1. The molecule has 0 saturated carbocycles. The van der Waals surface area contributed by atoms with Crippen LogP contribution in [0.3, 0.4) is 0 Å². The summed E-state index contributed by atoms with van der Waals surface area (Å²) in [6.45, 7) is 5.67. The van der Waals surface area contributed by atoms with Crippen molar-refractivity contribution in [2.45, 2.75) is 26.8 Å². The second-order valence-corrected chi connectivity index (χ2v) is 4.37. The molecule has 1 heterocycles. The van der Waals surface area contributed by atoms with Crippen LogP contribution < -0.4 is 5.32 Å². The van der Waals surface area contributed by atoms with Gasteiger partial charge >= 0.3 is 5.97 Å². The quantitative estimate of drug-likeness (QED) is 0.724. The van der Waals surface area contributed by atoms with Crippen LogP contribution in [0.2, 0.25) is 0 Å². The lowest BCUT2D eigenvalue weighted by molar-refractivity contribution is 0.0696. The Morgan fingerprint density at radius 3 is 2.59 bits per heavy atom. The number of hydrogen-bond acceptors (Lipinski definition) is 4. The molecule has 17 heavy (non-hydrogen) atoms. The monoisotopic (exact) mass is 238 g/mol. The van der Waals surface area contributed by atoms with Gasteiger partial charge in [-0.1, -0.05) is 13.8 Å². The van der Waals surface area contributed by atoms with E-state index in [1.54, 1.807) is 6.92 Å². The van der Waals surface area contributed by atoms with Crippen LogP contribution in [0.25, 0.3) is 0 Å². The second kappa shape index (κ2) is 5.63. The average molecular weight is 238 g/mol. The van der Waals surface area contributed by atoms with Gasteiger partial charge in [0.1, 0.15) is 5.82 Å². The number of carboxylic acid groups (broad SMARTS) is 1. The lowest BCUT2D eigenvalue weighted by Crippen LogP contribution is -2.30. The third-order valence-corrected chi connectivity index (χ3v) is 2.54. The van der Waals surface area contributed by atoms with Gasteiger partial charge in [0.2, 0.25) is 0 Å². The van der Waals surface area contributed by atoms with E-state index in [-0.39, 0.29) is 24.1 Å². The molecule has 1 aromatic rings. The van der Waals surface area contributed by atoms with Crippen molar-refractivity contribution in [2.75, 3.05) is 11.9 Å². The number of carbonyl (C=O) groups is 1. The first-order valence-electron chi connectivity index (χ1n) is 5.53. The number of rotatable bonds is 5. The smallest absolute Gasteiger partial charge is 0.335 e. The van der Waals surface area contributed by atoms with Crippen LogP contribution in [-0.4, -0.2) is 33.8 Å². The molecule has 0 aliphatic carbocycles. The van der Waals surface area contributed by atoms with Gasteiger partial charge in [0.25, 0.3) is 0 Å². The number of aliphatic hydroxyl groups excluding tert-OH is 1. The van der Waals surface area contributed by atoms with E-state index < -0.39 is 5.97 Å². The summed E-state index contributed by atoms with van der Waals surface area (Å²) in [7, 11) is 0. The summed E-state index contributed by atoms with van der Waals surface area (Å²) in [5, 5.41) is 21.2. The van der Waals surface area contributed by atoms with Gasteiger partial charge in [0.15, 0.2) is 0 Å². The standard InChI is InChI=1S/C12H18N2O3/c1-7(2)10(6-15)14-11-5-9(12(16)17)4-8(3)13-11/h4-5,7,10,15H,6H2,1-3H3,(H,13,14)(H,16,17)/t10-/m1/s1. The lowest BCUT2D eigenvalue weighted by Gasteiger charge is -2.20. The molecule has 1 aromatic heterocycles. The molecule has 0 aromatic carbocycles. The fourth-order valence-corrected chi connectivity index (χ4v) is 1.48. The van der Waals surface area contributed by atoms with E-state index in [0.29, 0.717) is 11.5 Å². The highest BCUT2D eigenvalue weighted by atomic mass is 16.4.